The summed E-state index contributed by atoms with van der Waals surface area (Å²) in [5, 5.41) is 2.79. The molecule has 1 unspecified atom stereocenters. The summed E-state index contributed by atoms with van der Waals surface area (Å²) in [7, 11) is 0. The molecule has 0 heterocycles. The van der Waals surface area contributed by atoms with Crippen LogP contribution in [-0.2, 0) is 6.42 Å². The van der Waals surface area contributed by atoms with E-state index in [0.29, 0.717) is 0 Å². The van der Waals surface area contributed by atoms with Crippen molar-refractivity contribution in [2.45, 2.75) is 32.7 Å². The van der Waals surface area contributed by atoms with E-state index in [1.54, 1.807) is 0 Å². The summed E-state index contributed by atoms with van der Waals surface area (Å²) in [5.74, 6) is 0. The van der Waals surface area contributed by atoms with E-state index >= 15 is 0 Å². The van der Waals surface area contributed by atoms with Crippen LogP contribution in [0.4, 0.5) is 8.78 Å². The number of rotatable bonds is 5. The first-order valence-electron chi connectivity index (χ1n) is 5.23. The number of halogens is 2. The molecule has 3 heteroatoms. The zero-order valence-electron chi connectivity index (χ0n) is 9.13. The fourth-order valence-electron chi connectivity index (χ4n) is 1.43. The fourth-order valence-corrected chi connectivity index (χ4v) is 1.43. The second-order valence-electron chi connectivity index (χ2n) is 3.62. The van der Waals surface area contributed by atoms with Gasteiger partial charge in [-0.05, 0) is 24.5 Å². The van der Waals surface area contributed by atoms with Crippen LogP contribution in [0.5, 0.6) is 0 Å². The lowest BCUT2D eigenvalue weighted by atomic mass is 10.1. The summed E-state index contributed by atoms with van der Waals surface area (Å²) in [6.07, 6.45) is -1.29. The van der Waals surface area contributed by atoms with Gasteiger partial charge in [-0.25, -0.2) is 8.78 Å². The second-order valence-corrected chi connectivity index (χ2v) is 3.62. The van der Waals surface area contributed by atoms with E-state index in [-0.39, 0.29) is 12.6 Å². The molecule has 0 aromatic heterocycles. The molecule has 0 bridgehead atoms. The molecule has 0 saturated carbocycles. The third-order valence-corrected chi connectivity index (χ3v) is 2.47. The Hall–Kier alpha value is -0.960. The average molecular weight is 213 g/mol. The first-order chi connectivity index (χ1) is 7.13. The van der Waals surface area contributed by atoms with Gasteiger partial charge in [0.1, 0.15) is 0 Å². The van der Waals surface area contributed by atoms with Gasteiger partial charge < -0.3 is 5.32 Å². The number of aryl methyl sites for hydroxylation is 1. The van der Waals surface area contributed by atoms with Gasteiger partial charge in [-0.15, -0.1) is 0 Å². The standard InChI is InChI=1S/C12H17F2N/c1-3-10-4-6-11(7-5-10)9(2)15-8-12(13)14/h4-7,9,12,15H,3,8H2,1-2H3. The van der Waals surface area contributed by atoms with Crippen molar-refractivity contribution in [3.05, 3.63) is 35.4 Å². The number of hydrogen-bond donors (Lipinski definition) is 1. The Morgan fingerprint density at radius 1 is 1.20 bits per heavy atom. The molecule has 15 heavy (non-hydrogen) atoms. The largest absolute Gasteiger partial charge is 0.305 e. The van der Waals surface area contributed by atoms with Gasteiger partial charge in [0.05, 0.1) is 6.54 Å². The maximum absolute atomic E-state index is 12.0. The zero-order valence-corrected chi connectivity index (χ0v) is 9.13. The smallest absolute Gasteiger partial charge is 0.250 e. The Labute approximate surface area is 89.5 Å². The van der Waals surface area contributed by atoms with Crippen molar-refractivity contribution in [1.82, 2.24) is 5.32 Å². The van der Waals surface area contributed by atoms with E-state index in [4.69, 9.17) is 0 Å². The lowest BCUT2D eigenvalue weighted by molar-refractivity contribution is 0.142. The predicted molar refractivity (Wildman–Crippen MR) is 58.2 cm³/mol. The molecule has 0 fully saturated rings. The Morgan fingerprint density at radius 3 is 2.27 bits per heavy atom. The first kappa shape index (κ1) is 12.1. The van der Waals surface area contributed by atoms with Crippen molar-refractivity contribution in [2.75, 3.05) is 6.54 Å². The Balaban J connectivity index is 2.54. The van der Waals surface area contributed by atoms with E-state index < -0.39 is 6.43 Å². The number of hydrogen-bond acceptors (Lipinski definition) is 1. The maximum atomic E-state index is 12.0. The van der Waals surface area contributed by atoms with Crippen molar-refractivity contribution in [3.63, 3.8) is 0 Å². The molecule has 0 aliphatic heterocycles. The van der Waals surface area contributed by atoms with Crippen LogP contribution in [0.2, 0.25) is 0 Å². The predicted octanol–water partition coefficient (Wildman–Crippen LogP) is 3.16. The monoisotopic (exact) mass is 213 g/mol. The van der Waals surface area contributed by atoms with Crippen LogP contribution in [0.25, 0.3) is 0 Å². The van der Waals surface area contributed by atoms with Crippen LogP contribution < -0.4 is 5.32 Å². The number of benzene rings is 1. The van der Waals surface area contributed by atoms with Gasteiger partial charge >= 0.3 is 0 Å². The molecule has 1 N–H and O–H groups in total. The molecule has 1 atom stereocenters. The number of alkyl halides is 2. The van der Waals surface area contributed by atoms with Crippen LogP contribution in [0.3, 0.4) is 0 Å². The Kier molecular flexibility index (Phi) is 4.69. The van der Waals surface area contributed by atoms with Crippen LogP contribution in [0.15, 0.2) is 24.3 Å². The minimum absolute atomic E-state index is 0.0232. The highest BCUT2D eigenvalue weighted by Crippen LogP contribution is 2.13. The highest BCUT2D eigenvalue weighted by molar-refractivity contribution is 5.24. The van der Waals surface area contributed by atoms with Gasteiger partial charge in [0.25, 0.3) is 6.43 Å². The summed E-state index contributed by atoms with van der Waals surface area (Å²) < 4.78 is 23.9. The quantitative estimate of drug-likeness (QED) is 0.792. The molecular formula is C12H17F2N. The van der Waals surface area contributed by atoms with Gasteiger partial charge in [0.15, 0.2) is 0 Å². The summed E-state index contributed by atoms with van der Waals surface area (Å²) in [6, 6.07) is 8.03. The van der Waals surface area contributed by atoms with E-state index in [9.17, 15) is 8.78 Å². The van der Waals surface area contributed by atoms with Gasteiger partial charge in [-0.2, -0.15) is 0 Å². The normalized spacial score (nSPS) is 13.1. The van der Waals surface area contributed by atoms with Crippen molar-refractivity contribution >= 4 is 0 Å². The van der Waals surface area contributed by atoms with Gasteiger partial charge in [-0.1, -0.05) is 31.2 Å². The van der Waals surface area contributed by atoms with E-state index in [1.165, 1.54) is 5.56 Å². The SMILES string of the molecule is CCc1ccc(C(C)NCC(F)F)cc1. The molecule has 1 aromatic carbocycles. The molecule has 0 aliphatic carbocycles. The molecule has 0 spiro atoms. The molecule has 0 aliphatic rings. The summed E-state index contributed by atoms with van der Waals surface area (Å²) >= 11 is 0. The minimum atomic E-state index is -2.29. The zero-order chi connectivity index (χ0) is 11.3. The van der Waals surface area contributed by atoms with Gasteiger partial charge in [-0.3, -0.25) is 0 Å². The molecule has 84 valence electrons. The van der Waals surface area contributed by atoms with Crippen LogP contribution in [0, 0.1) is 0 Å². The van der Waals surface area contributed by atoms with Crippen molar-refractivity contribution in [1.29, 1.82) is 0 Å². The highest BCUT2D eigenvalue weighted by Gasteiger charge is 2.07. The third kappa shape index (κ3) is 3.96. The second kappa shape index (κ2) is 5.81. The van der Waals surface area contributed by atoms with Crippen LogP contribution in [-0.4, -0.2) is 13.0 Å². The lowest BCUT2D eigenvalue weighted by Crippen LogP contribution is -2.24. The minimum Gasteiger partial charge on any atom is -0.305 e. The lowest BCUT2D eigenvalue weighted by Gasteiger charge is -2.14. The van der Waals surface area contributed by atoms with Crippen LogP contribution in [0.1, 0.15) is 31.0 Å². The van der Waals surface area contributed by atoms with E-state index in [0.717, 1.165) is 12.0 Å². The molecule has 1 nitrogen and oxygen atoms in total. The third-order valence-electron chi connectivity index (χ3n) is 2.47. The maximum Gasteiger partial charge on any atom is 0.250 e. The molecule has 1 rings (SSSR count). The van der Waals surface area contributed by atoms with E-state index in [1.807, 2.05) is 31.2 Å². The van der Waals surface area contributed by atoms with Crippen LogP contribution >= 0.6 is 0 Å². The molecular weight excluding hydrogens is 196 g/mol. The summed E-state index contributed by atoms with van der Waals surface area (Å²) in [4.78, 5) is 0. The molecule has 1 aromatic rings. The molecule has 0 radical (unpaired) electrons. The Morgan fingerprint density at radius 2 is 1.80 bits per heavy atom. The van der Waals surface area contributed by atoms with Gasteiger partial charge in [0, 0.05) is 6.04 Å². The topological polar surface area (TPSA) is 12.0 Å². The van der Waals surface area contributed by atoms with E-state index in [2.05, 4.69) is 12.2 Å². The number of nitrogens with one attached hydrogen (secondary N) is 1. The van der Waals surface area contributed by atoms with Gasteiger partial charge in [0.2, 0.25) is 0 Å². The van der Waals surface area contributed by atoms with Crippen molar-refractivity contribution < 1.29 is 8.78 Å². The average Bonchev–Trinajstić information content (AvgIpc) is 2.26. The Bertz CT molecular complexity index is 282. The molecule has 0 amide bonds. The summed E-state index contributed by atoms with van der Waals surface area (Å²) in [5.41, 5.74) is 2.31. The first-order valence-corrected chi connectivity index (χ1v) is 5.23. The van der Waals surface area contributed by atoms with Crippen molar-refractivity contribution in [2.24, 2.45) is 0 Å². The molecule has 0 saturated heterocycles. The fraction of sp³-hybridized carbons (Fsp3) is 0.500. The highest BCUT2D eigenvalue weighted by atomic mass is 19.3. The summed E-state index contributed by atoms with van der Waals surface area (Å²) in [6.45, 7) is 3.73. The van der Waals surface area contributed by atoms with Crippen molar-refractivity contribution in [3.8, 4) is 0 Å².